The molecule has 0 N–H and O–H groups in total. The summed E-state index contributed by atoms with van der Waals surface area (Å²) in [5.41, 5.74) is 3.72. The molecule has 5 nitrogen and oxygen atoms in total. The zero-order valence-electron chi connectivity index (χ0n) is 17.8. The lowest BCUT2D eigenvalue weighted by molar-refractivity contribution is 0.175. The Bertz CT molecular complexity index is 1180. The van der Waals surface area contributed by atoms with Gasteiger partial charge in [-0.2, -0.15) is 0 Å². The highest BCUT2D eigenvalue weighted by Crippen LogP contribution is 2.27. The van der Waals surface area contributed by atoms with E-state index in [0.717, 1.165) is 55.9 Å². The highest BCUT2D eigenvalue weighted by molar-refractivity contribution is 6.33. The number of nitrogens with zero attached hydrogens (tertiary/aromatic N) is 5. The molecule has 3 heterocycles. The lowest BCUT2D eigenvalue weighted by Crippen LogP contribution is -2.34. The van der Waals surface area contributed by atoms with Gasteiger partial charge in [0.05, 0.1) is 6.54 Å². The van der Waals surface area contributed by atoms with Crippen LogP contribution in [0.25, 0.3) is 11.2 Å². The molecule has 1 aliphatic rings. The van der Waals surface area contributed by atoms with Crippen LogP contribution in [0.5, 0.6) is 0 Å². The maximum atomic E-state index is 13.4. The standard InChI is InChI=1S/C25H25ClFN5/c26-24-23-25(29-17-28-24)32(16-20-6-8-21(27)9-7-20)22(30-23)14-18-10-12-31(13-11-18)15-19-4-2-1-3-5-19/h1-9,17-18H,10-16H2. The van der Waals surface area contributed by atoms with Gasteiger partial charge in [-0.05, 0) is 55.1 Å². The number of hydrogen-bond acceptors (Lipinski definition) is 4. The minimum atomic E-state index is -0.239. The highest BCUT2D eigenvalue weighted by atomic mass is 35.5. The molecule has 0 spiro atoms. The Kier molecular flexibility index (Phi) is 6.14. The van der Waals surface area contributed by atoms with Gasteiger partial charge < -0.3 is 4.57 Å². The summed E-state index contributed by atoms with van der Waals surface area (Å²) < 4.78 is 15.5. The van der Waals surface area contributed by atoms with Crippen LogP contribution in [0.4, 0.5) is 4.39 Å². The van der Waals surface area contributed by atoms with Gasteiger partial charge in [-0.3, -0.25) is 4.90 Å². The highest BCUT2D eigenvalue weighted by Gasteiger charge is 2.23. The van der Waals surface area contributed by atoms with Crippen LogP contribution in [0.1, 0.15) is 29.8 Å². The molecule has 0 saturated carbocycles. The van der Waals surface area contributed by atoms with Crippen LogP contribution < -0.4 is 0 Å². The molecule has 164 valence electrons. The lowest BCUT2D eigenvalue weighted by Gasteiger charge is -2.32. The Labute approximate surface area is 191 Å². The van der Waals surface area contributed by atoms with Crippen molar-refractivity contribution in [1.82, 2.24) is 24.4 Å². The average Bonchev–Trinajstić information content (AvgIpc) is 3.16. The van der Waals surface area contributed by atoms with Gasteiger partial charge in [0.2, 0.25) is 0 Å². The second kappa shape index (κ2) is 9.35. The van der Waals surface area contributed by atoms with Gasteiger partial charge in [0, 0.05) is 13.0 Å². The number of likely N-dealkylation sites (tertiary alicyclic amines) is 1. The number of piperidine rings is 1. The third-order valence-corrected chi connectivity index (χ3v) is 6.52. The van der Waals surface area contributed by atoms with E-state index in [4.69, 9.17) is 16.6 Å². The quantitative estimate of drug-likeness (QED) is 0.383. The van der Waals surface area contributed by atoms with E-state index in [1.807, 2.05) is 0 Å². The first-order valence-corrected chi connectivity index (χ1v) is 11.4. The molecule has 5 rings (SSSR count). The molecule has 1 saturated heterocycles. The first-order chi connectivity index (χ1) is 15.7. The molecule has 0 amide bonds. The molecule has 7 heteroatoms. The number of rotatable bonds is 6. The smallest absolute Gasteiger partial charge is 0.165 e. The zero-order valence-corrected chi connectivity index (χ0v) is 18.5. The molecular weight excluding hydrogens is 425 g/mol. The van der Waals surface area contributed by atoms with E-state index < -0.39 is 0 Å². The van der Waals surface area contributed by atoms with Crippen molar-refractivity contribution in [2.24, 2.45) is 5.92 Å². The predicted octanol–water partition coefficient (Wildman–Crippen LogP) is 5.12. The van der Waals surface area contributed by atoms with Crippen molar-refractivity contribution in [2.45, 2.75) is 32.4 Å². The summed E-state index contributed by atoms with van der Waals surface area (Å²) in [5.74, 6) is 1.28. The van der Waals surface area contributed by atoms with E-state index in [-0.39, 0.29) is 5.82 Å². The molecule has 0 bridgehead atoms. The predicted molar refractivity (Wildman–Crippen MR) is 124 cm³/mol. The van der Waals surface area contributed by atoms with Crippen molar-refractivity contribution < 1.29 is 4.39 Å². The fourth-order valence-electron chi connectivity index (χ4n) is 4.50. The minimum Gasteiger partial charge on any atom is -0.308 e. The molecule has 2 aromatic heterocycles. The van der Waals surface area contributed by atoms with E-state index >= 15 is 0 Å². The van der Waals surface area contributed by atoms with Gasteiger partial charge in [-0.1, -0.05) is 54.1 Å². The Morgan fingerprint density at radius 3 is 2.38 bits per heavy atom. The number of aromatic nitrogens is 4. The normalized spacial score (nSPS) is 15.4. The average molecular weight is 450 g/mol. The molecular formula is C25H25ClFN5. The van der Waals surface area contributed by atoms with Crippen LogP contribution in [0.15, 0.2) is 60.9 Å². The summed E-state index contributed by atoms with van der Waals surface area (Å²) in [6.07, 6.45) is 4.60. The molecule has 0 unspecified atom stereocenters. The Morgan fingerprint density at radius 2 is 1.62 bits per heavy atom. The molecule has 4 aromatic rings. The minimum absolute atomic E-state index is 0.239. The van der Waals surface area contributed by atoms with Crippen LogP contribution in [0, 0.1) is 11.7 Å². The van der Waals surface area contributed by atoms with Gasteiger partial charge in [-0.25, -0.2) is 19.3 Å². The Hall–Kier alpha value is -2.83. The number of hydrogen-bond donors (Lipinski definition) is 0. The van der Waals surface area contributed by atoms with Crippen LogP contribution in [-0.2, 0) is 19.5 Å². The van der Waals surface area contributed by atoms with E-state index in [1.54, 1.807) is 12.1 Å². The third kappa shape index (κ3) is 4.66. The molecule has 1 fully saturated rings. The van der Waals surface area contributed by atoms with E-state index in [2.05, 4.69) is 49.8 Å². The van der Waals surface area contributed by atoms with Crippen LogP contribution in [-0.4, -0.2) is 37.5 Å². The summed E-state index contributed by atoms with van der Waals surface area (Å²) >= 11 is 6.32. The summed E-state index contributed by atoms with van der Waals surface area (Å²) in [5, 5.41) is 0.367. The van der Waals surface area contributed by atoms with Gasteiger partial charge in [0.25, 0.3) is 0 Å². The summed E-state index contributed by atoms with van der Waals surface area (Å²) in [6.45, 7) is 3.74. The van der Waals surface area contributed by atoms with E-state index in [0.29, 0.717) is 23.1 Å². The van der Waals surface area contributed by atoms with E-state index in [9.17, 15) is 4.39 Å². The van der Waals surface area contributed by atoms with E-state index in [1.165, 1.54) is 24.0 Å². The fraction of sp³-hybridized carbons (Fsp3) is 0.320. The second-order valence-electron chi connectivity index (χ2n) is 8.49. The van der Waals surface area contributed by atoms with Gasteiger partial charge in [0.1, 0.15) is 23.5 Å². The monoisotopic (exact) mass is 449 g/mol. The Morgan fingerprint density at radius 1 is 0.906 bits per heavy atom. The number of benzene rings is 2. The largest absolute Gasteiger partial charge is 0.308 e. The van der Waals surface area contributed by atoms with Gasteiger partial charge in [-0.15, -0.1) is 0 Å². The second-order valence-corrected chi connectivity index (χ2v) is 8.84. The maximum absolute atomic E-state index is 13.4. The van der Waals surface area contributed by atoms with Crippen molar-refractivity contribution in [3.63, 3.8) is 0 Å². The van der Waals surface area contributed by atoms with Crippen molar-refractivity contribution in [3.05, 3.63) is 88.8 Å². The molecule has 0 radical (unpaired) electrons. The third-order valence-electron chi connectivity index (χ3n) is 6.25. The van der Waals surface area contributed by atoms with Gasteiger partial charge in [0.15, 0.2) is 10.8 Å². The van der Waals surface area contributed by atoms with Crippen molar-refractivity contribution >= 4 is 22.8 Å². The fourth-order valence-corrected chi connectivity index (χ4v) is 4.67. The van der Waals surface area contributed by atoms with Crippen molar-refractivity contribution in [3.8, 4) is 0 Å². The maximum Gasteiger partial charge on any atom is 0.165 e. The number of fused-ring (bicyclic) bond motifs is 1. The van der Waals surface area contributed by atoms with Gasteiger partial charge >= 0.3 is 0 Å². The van der Waals surface area contributed by atoms with Crippen LogP contribution >= 0.6 is 11.6 Å². The topological polar surface area (TPSA) is 46.8 Å². The molecule has 0 aliphatic carbocycles. The first-order valence-electron chi connectivity index (χ1n) is 11.0. The Balaban J connectivity index is 1.32. The SMILES string of the molecule is Fc1ccc(Cn2c(CC3CCN(Cc4ccccc4)CC3)nc3c(Cl)ncnc32)cc1. The summed E-state index contributed by atoms with van der Waals surface area (Å²) in [6, 6.07) is 17.2. The number of halogens is 2. The molecule has 1 aliphatic heterocycles. The molecule has 32 heavy (non-hydrogen) atoms. The molecule has 2 aromatic carbocycles. The first kappa shape index (κ1) is 21.0. The summed E-state index contributed by atoms with van der Waals surface area (Å²) in [4.78, 5) is 15.9. The molecule has 0 atom stereocenters. The van der Waals surface area contributed by atoms with Crippen LogP contribution in [0.2, 0.25) is 5.15 Å². The van der Waals surface area contributed by atoms with Crippen molar-refractivity contribution in [1.29, 1.82) is 0 Å². The van der Waals surface area contributed by atoms with Crippen LogP contribution in [0.3, 0.4) is 0 Å². The zero-order chi connectivity index (χ0) is 21.9. The number of imidazole rings is 1. The van der Waals surface area contributed by atoms with Crippen molar-refractivity contribution in [2.75, 3.05) is 13.1 Å². The lowest BCUT2D eigenvalue weighted by atomic mass is 9.93. The summed E-state index contributed by atoms with van der Waals surface area (Å²) in [7, 11) is 0.